The molecule has 2 aliphatic rings. The van der Waals surface area contributed by atoms with Crippen molar-refractivity contribution < 1.29 is 37.5 Å². The molecule has 2 heteroatoms. The number of carbonyl (C=O) groups is 1. The second-order valence-electron chi connectivity index (χ2n) is 3.14. The zero-order valence-electron chi connectivity index (χ0n) is 6.71. The molecule has 0 aromatic carbocycles. The van der Waals surface area contributed by atoms with Crippen molar-refractivity contribution >= 4 is 5.78 Å². The van der Waals surface area contributed by atoms with Crippen LogP contribution in [0.4, 0.5) is 0 Å². The smallest absolute Gasteiger partial charge is 0.00389 e. The molecule has 11 heavy (non-hydrogen) atoms. The molecule has 1 nitrogen and oxygen atoms in total. The van der Waals surface area contributed by atoms with Gasteiger partial charge in [-0.05, 0) is 12.3 Å². The summed E-state index contributed by atoms with van der Waals surface area (Å²) in [7, 11) is 0. The largest absolute Gasteiger partial charge is 0.334 e. The molecule has 0 aliphatic heterocycles. The van der Waals surface area contributed by atoms with E-state index in [-0.39, 0.29) is 38.6 Å². The van der Waals surface area contributed by atoms with Crippen LogP contribution in [0, 0.1) is 18.3 Å². The molecule has 57 valence electrons. The predicted molar refractivity (Wildman–Crippen MR) is 39.3 cm³/mol. The predicted octanol–water partition coefficient (Wildman–Crippen LogP) is 1.74. The molecule has 1 fully saturated rings. The molecule has 0 N–H and O–H groups in total. The average Bonchev–Trinajstić information content (AvgIpc) is 2.26. The molecule has 1 saturated carbocycles. The van der Waals surface area contributed by atoms with E-state index in [2.05, 4.69) is 13.0 Å². The Labute approximate surface area is 92.5 Å². The van der Waals surface area contributed by atoms with Gasteiger partial charge in [0.1, 0.15) is 0 Å². The monoisotopic (exact) mass is 224 g/mol. The zero-order valence-corrected chi connectivity index (χ0v) is 9.55. The summed E-state index contributed by atoms with van der Waals surface area (Å²) in [4.78, 5) is 10.9. The molecule has 2 atom stereocenters. The number of fused-ring (bicyclic) bond motifs is 1. The first-order valence-electron chi connectivity index (χ1n) is 3.89. The Morgan fingerprint density at radius 2 is 2.45 bits per heavy atom. The molecule has 0 bridgehead atoms. The van der Waals surface area contributed by atoms with Crippen LogP contribution in [-0.2, 0) is 37.5 Å². The molecule has 0 amide bonds. The summed E-state index contributed by atoms with van der Waals surface area (Å²) in [5, 5.41) is 0. The minimum Gasteiger partial charge on any atom is -0.334 e. The normalized spacial score (nSPS) is 32.8. The Morgan fingerprint density at radius 3 is 2.91 bits per heavy atom. The summed E-state index contributed by atoms with van der Waals surface area (Å²) >= 11 is 0. The van der Waals surface area contributed by atoms with Gasteiger partial charge in [0, 0.05) is 38.5 Å². The summed E-state index contributed by atoms with van der Waals surface area (Å²) in [5.41, 5.74) is 1.47. The summed E-state index contributed by atoms with van der Waals surface area (Å²) in [6.07, 6.45) is 6.29. The van der Waals surface area contributed by atoms with Crippen LogP contribution in [0.1, 0.15) is 19.8 Å². The van der Waals surface area contributed by atoms with E-state index in [4.69, 9.17) is 0 Å². The first-order valence-corrected chi connectivity index (χ1v) is 3.89. The minimum absolute atomic E-state index is 0. The van der Waals surface area contributed by atoms with Gasteiger partial charge in [-0.15, -0.1) is 5.92 Å². The zero-order chi connectivity index (χ0) is 7.14. The first-order chi connectivity index (χ1) is 4.81. The SMILES string of the molecule is CCC1=C[C@@H]2C(=O)[CH-][C@@H]2C1.[Y]. The van der Waals surface area contributed by atoms with E-state index < -0.39 is 0 Å². The maximum Gasteiger partial charge on any atom is 0.00389 e. The van der Waals surface area contributed by atoms with Crippen molar-refractivity contribution in [2.45, 2.75) is 19.8 Å². The van der Waals surface area contributed by atoms with E-state index in [9.17, 15) is 4.79 Å². The molecule has 0 heterocycles. The number of hydrogen-bond acceptors (Lipinski definition) is 1. The second kappa shape index (κ2) is 3.41. The van der Waals surface area contributed by atoms with Gasteiger partial charge < -0.3 is 11.2 Å². The number of Topliss-reactive ketones (excluding diaryl/α,β-unsaturated/α-hetero) is 1. The Hall–Kier alpha value is 0.384. The third-order valence-electron chi connectivity index (χ3n) is 2.54. The molecule has 2 rings (SSSR count). The van der Waals surface area contributed by atoms with Crippen LogP contribution in [0.25, 0.3) is 0 Å². The third kappa shape index (κ3) is 1.46. The first kappa shape index (κ1) is 9.47. The molecular weight excluding hydrogens is 213 g/mol. The number of ketones is 1. The number of carbonyl (C=O) groups excluding carboxylic acids is 1. The second-order valence-corrected chi connectivity index (χ2v) is 3.14. The van der Waals surface area contributed by atoms with Crippen LogP contribution in [0.3, 0.4) is 0 Å². The molecule has 2 aliphatic carbocycles. The topological polar surface area (TPSA) is 17.1 Å². The van der Waals surface area contributed by atoms with Crippen molar-refractivity contribution in [3.63, 3.8) is 0 Å². The standard InChI is InChI=1S/C9H11O.Y/c1-2-6-3-7-5-9(10)8(7)4-6;/h4-5,7-8H,2-3H2,1H3;/q-1;/t7-,8-;/m0./s1. The summed E-state index contributed by atoms with van der Waals surface area (Å²) < 4.78 is 0. The summed E-state index contributed by atoms with van der Waals surface area (Å²) in [6, 6.07) is 0. The molecule has 0 aromatic rings. The van der Waals surface area contributed by atoms with E-state index in [0.29, 0.717) is 11.7 Å². The Morgan fingerprint density at radius 1 is 1.73 bits per heavy atom. The Kier molecular flexibility index (Phi) is 2.93. The van der Waals surface area contributed by atoms with Crippen molar-refractivity contribution in [3.8, 4) is 0 Å². The van der Waals surface area contributed by atoms with Crippen molar-refractivity contribution in [3.05, 3.63) is 18.1 Å². The van der Waals surface area contributed by atoms with Gasteiger partial charge in [0.2, 0.25) is 0 Å². The van der Waals surface area contributed by atoms with Crippen LogP contribution in [0.5, 0.6) is 0 Å². The van der Waals surface area contributed by atoms with Crippen LogP contribution < -0.4 is 0 Å². The van der Waals surface area contributed by atoms with Gasteiger partial charge in [-0.1, -0.05) is 25.0 Å². The summed E-state index contributed by atoms with van der Waals surface area (Å²) in [6.45, 7) is 2.15. The molecule has 0 saturated heterocycles. The Balaban J connectivity index is 0.000000605. The maximum atomic E-state index is 10.9. The van der Waals surface area contributed by atoms with Gasteiger partial charge in [-0.3, -0.25) is 0 Å². The van der Waals surface area contributed by atoms with Gasteiger partial charge in [0.15, 0.2) is 0 Å². The third-order valence-corrected chi connectivity index (χ3v) is 2.54. The van der Waals surface area contributed by atoms with Gasteiger partial charge in [0.05, 0.1) is 0 Å². The van der Waals surface area contributed by atoms with Crippen LogP contribution >= 0.6 is 0 Å². The fourth-order valence-corrected chi connectivity index (χ4v) is 1.80. The van der Waals surface area contributed by atoms with Gasteiger partial charge in [0.25, 0.3) is 0 Å². The summed E-state index contributed by atoms with van der Waals surface area (Å²) in [5.74, 6) is 1.21. The molecule has 0 spiro atoms. The maximum absolute atomic E-state index is 10.9. The quantitative estimate of drug-likeness (QED) is 0.489. The van der Waals surface area contributed by atoms with Gasteiger partial charge in [-0.25, -0.2) is 0 Å². The van der Waals surface area contributed by atoms with Gasteiger partial charge >= 0.3 is 0 Å². The van der Waals surface area contributed by atoms with E-state index in [1.165, 1.54) is 5.57 Å². The van der Waals surface area contributed by atoms with E-state index >= 15 is 0 Å². The van der Waals surface area contributed by atoms with Gasteiger partial charge in [-0.2, -0.15) is 0 Å². The van der Waals surface area contributed by atoms with Crippen molar-refractivity contribution in [2.75, 3.05) is 0 Å². The number of rotatable bonds is 1. The molecular formula is C9H11OY-. The molecule has 0 aromatic heterocycles. The van der Waals surface area contributed by atoms with Crippen molar-refractivity contribution in [1.29, 1.82) is 0 Å². The Bertz CT molecular complexity index is 208. The van der Waals surface area contributed by atoms with Crippen LogP contribution in [-0.4, -0.2) is 5.78 Å². The average molecular weight is 224 g/mol. The van der Waals surface area contributed by atoms with Crippen molar-refractivity contribution in [2.24, 2.45) is 11.8 Å². The fraction of sp³-hybridized carbons (Fsp3) is 0.556. The number of hydrogen-bond donors (Lipinski definition) is 0. The fourth-order valence-electron chi connectivity index (χ4n) is 1.80. The molecule has 0 unspecified atom stereocenters. The minimum atomic E-state index is 0. The van der Waals surface area contributed by atoms with Crippen LogP contribution in [0.15, 0.2) is 11.6 Å². The van der Waals surface area contributed by atoms with E-state index in [1.807, 2.05) is 6.42 Å². The van der Waals surface area contributed by atoms with E-state index in [1.54, 1.807) is 0 Å². The molecule has 1 radical (unpaired) electrons. The number of allylic oxidation sites excluding steroid dienone is 2. The van der Waals surface area contributed by atoms with Crippen molar-refractivity contribution in [1.82, 2.24) is 0 Å². The van der Waals surface area contributed by atoms with E-state index in [0.717, 1.165) is 12.8 Å². The van der Waals surface area contributed by atoms with Crippen LogP contribution in [0.2, 0.25) is 0 Å².